The molecule has 94 valence electrons. The van der Waals surface area contributed by atoms with Crippen LogP contribution in [0.1, 0.15) is 18.4 Å². The quantitative estimate of drug-likeness (QED) is 0.630. The number of nitrogens with zero attached hydrogens (tertiary/aromatic N) is 2. The molecule has 0 unspecified atom stereocenters. The minimum Gasteiger partial charge on any atom is -0.337 e. The minimum absolute atomic E-state index is 0.128. The first-order chi connectivity index (χ1) is 8.81. The van der Waals surface area contributed by atoms with Gasteiger partial charge in [0.25, 0.3) is 5.91 Å². The van der Waals surface area contributed by atoms with Crippen LogP contribution in [0.25, 0.3) is 6.08 Å². The van der Waals surface area contributed by atoms with Crippen molar-refractivity contribution in [2.45, 2.75) is 12.8 Å². The lowest BCUT2D eigenvalue weighted by Gasteiger charge is -2.16. The number of carbonyl (C=O) groups excluding carboxylic acids is 2. The van der Waals surface area contributed by atoms with Gasteiger partial charge in [-0.3, -0.25) is 14.6 Å². The van der Waals surface area contributed by atoms with Crippen LogP contribution in [0.15, 0.2) is 30.2 Å². The highest BCUT2D eigenvalue weighted by Crippen LogP contribution is 2.12. The van der Waals surface area contributed by atoms with Gasteiger partial charge in [0.15, 0.2) is 0 Å². The summed E-state index contributed by atoms with van der Waals surface area (Å²) in [7, 11) is 0. The lowest BCUT2D eigenvalue weighted by molar-refractivity contribution is -0.127. The van der Waals surface area contributed by atoms with Gasteiger partial charge in [-0.05, 0) is 36.6 Å². The van der Waals surface area contributed by atoms with Crippen molar-refractivity contribution in [3.8, 4) is 0 Å². The van der Waals surface area contributed by atoms with Crippen LogP contribution in [0.2, 0.25) is 0 Å². The molecule has 1 aliphatic rings. The van der Waals surface area contributed by atoms with E-state index in [1.165, 1.54) is 0 Å². The Bertz CT molecular complexity index is 451. The summed E-state index contributed by atoms with van der Waals surface area (Å²) in [6, 6.07) is 3.56. The Morgan fingerprint density at radius 2 is 1.94 bits per heavy atom. The lowest BCUT2D eigenvalue weighted by atomic mass is 10.2. The molecule has 0 aromatic carbocycles. The first kappa shape index (κ1) is 12.3. The molecule has 2 amide bonds. The molecule has 0 bridgehead atoms. The summed E-state index contributed by atoms with van der Waals surface area (Å²) in [5.74, 6) is -0.128. The van der Waals surface area contributed by atoms with E-state index in [2.05, 4.69) is 10.3 Å². The van der Waals surface area contributed by atoms with Gasteiger partial charge in [0, 0.05) is 25.5 Å². The number of hydrogen-bond acceptors (Lipinski definition) is 3. The average molecular weight is 245 g/mol. The van der Waals surface area contributed by atoms with Crippen molar-refractivity contribution in [1.82, 2.24) is 15.2 Å². The van der Waals surface area contributed by atoms with Crippen molar-refractivity contribution < 1.29 is 9.59 Å². The van der Waals surface area contributed by atoms with E-state index >= 15 is 0 Å². The number of likely N-dealkylation sites (tertiary alicyclic amines) is 1. The molecule has 5 heteroatoms. The molecule has 2 rings (SSSR count). The van der Waals surface area contributed by atoms with Gasteiger partial charge in [0.2, 0.25) is 6.41 Å². The Kier molecular flexibility index (Phi) is 4.06. The normalized spacial score (nSPS) is 15.6. The predicted molar refractivity (Wildman–Crippen MR) is 67.2 cm³/mol. The van der Waals surface area contributed by atoms with Crippen molar-refractivity contribution in [2.75, 3.05) is 13.1 Å². The molecule has 1 saturated heterocycles. The maximum Gasteiger partial charge on any atom is 0.270 e. The first-order valence-electron chi connectivity index (χ1n) is 5.92. The van der Waals surface area contributed by atoms with Gasteiger partial charge in [0.05, 0.1) is 0 Å². The molecule has 1 aromatic heterocycles. The average Bonchev–Trinajstić information content (AvgIpc) is 2.92. The first-order valence-corrected chi connectivity index (χ1v) is 5.92. The van der Waals surface area contributed by atoms with Crippen molar-refractivity contribution in [1.29, 1.82) is 0 Å². The van der Waals surface area contributed by atoms with E-state index in [0.717, 1.165) is 31.5 Å². The van der Waals surface area contributed by atoms with Gasteiger partial charge in [-0.2, -0.15) is 0 Å². The van der Waals surface area contributed by atoms with E-state index in [1.54, 1.807) is 35.5 Å². The van der Waals surface area contributed by atoms with Crippen molar-refractivity contribution >= 4 is 18.4 Å². The summed E-state index contributed by atoms with van der Waals surface area (Å²) in [6.45, 7) is 1.51. The standard InChI is InChI=1S/C13H15N3O2/c17-10-15-12(9-11-3-5-14-6-4-11)13(18)16-7-1-2-8-16/h3-6,9-10H,1-2,7-8H2,(H,15,17)/b12-9+. The fourth-order valence-electron chi connectivity index (χ4n) is 1.95. The fraction of sp³-hybridized carbons (Fsp3) is 0.308. The number of carbonyl (C=O) groups is 2. The summed E-state index contributed by atoms with van der Waals surface area (Å²) in [5.41, 5.74) is 1.14. The highest BCUT2D eigenvalue weighted by Gasteiger charge is 2.21. The molecule has 0 saturated carbocycles. The Labute approximate surface area is 106 Å². The van der Waals surface area contributed by atoms with Gasteiger partial charge in [-0.25, -0.2) is 0 Å². The second-order valence-electron chi connectivity index (χ2n) is 4.10. The van der Waals surface area contributed by atoms with Crippen LogP contribution < -0.4 is 5.32 Å². The zero-order chi connectivity index (χ0) is 12.8. The Balaban J connectivity index is 2.19. The zero-order valence-corrected chi connectivity index (χ0v) is 10.0. The number of rotatable bonds is 4. The van der Waals surface area contributed by atoms with Crippen LogP contribution in [0, 0.1) is 0 Å². The number of aromatic nitrogens is 1. The molecule has 1 N–H and O–H groups in total. The largest absolute Gasteiger partial charge is 0.337 e. The molecule has 0 atom stereocenters. The highest BCUT2D eigenvalue weighted by molar-refractivity contribution is 5.99. The van der Waals surface area contributed by atoms with Gasteiger partial charge >= 0.3 is 0 Å². The van der Waals surface area contributed by atoms with Crippen molar-refractivity contribution in [2.24, 2.45) is 0 Å². The Morgan fingerprint density at radius 1 is 1.28 bits per heavy atom. The highest BCUT2D eigenvalue weighted by atomic mass is 16.2. The number of pyridine rings is 1. The Morgan fingerprint density at radius 3 is 2.56 bits per heavy atom. The van der Waals surface area contributed by atoms with Gasteiger partial charge in [-0.15, -0.1) is 0 Å². The molecule has 0 aliphatic carbocycles. The van der Waals surface area contributed by atoms with Crippen LogP contribution in [0.5, 0.6) is 0 Å². The minimum atomic E-state index is -0.128. The summed E-state index contributed by atoms with van der Waals surface area (Å²) >= 11 is 0. The molecule has 18 heavy (non-hydrogen) atoms. The number of amides is 2. The molecular weight excluding hydrogens is 230 g/mol. The van der Waals surface area contributed by atoms with E-state index in [4.69, 9.17) is 0 Å². The van der Waals surface area contributed by atoms with Crippen LogP contribution >= 0.6 is 0 Å². The van der Waals surface area contributed by atoms with E-state index < -0.39 is 0 Å². The molecule has 0 radical (unpaired) electrons. The van der Waals surface area contributed by atoms with Crippen LogP contribution in [0.3, 0.4) is 0 Å². The molecule has 0 spiro atoms. The monoisotopic (exact) mass is 245 g/mol. The molecule has 5 nitrogen and oxygen atoms in total. The lowest BCUT2D eigenvalue weighted by Crippen LogP contribution is -2.33. The molecule has 1 aromatic rings. The van der Waals surface area contributed by atoms with Crippen molar-refractivity contribution in [3.63, 3.8) is 0 Å². The summed E-state index contributed by atoms with van der Waals surface area (Å²) in [5, 5.41) is 2.48. The van der Waals surface area contributed by atoms with E-state index in [9.17, 15) is 9.59 Å². The maximum absolute atomic E-state index is 12.2. The maximum atomic E-state index is 12.2. The summed E-state index contributed by atoms with van der Waals surface area (Å²) in [4.78, 5) is 28.4. The topological polar surface area (TPSA) is 62.3 Å². The second kappa shape index (κ2) is 5.95. The van der Waals surface area contributed by atoms with E-state index in [-0.39, 0.29) is 5.91 Å². The summed E-state index contributed by atoms with van der Waals surface area (Å²) in [6.07, 6.45) is 7.53. The van der Waals surface area contributed by atoms with E-state index in [1.807, 2.05) is 0 Å². The zero-order valence-electron chi connectivity index (χ0n) is 10.0. The molecule has 1 fully saturated rings. The van der Waals surface area contributed by atoms with Crippen LogP contribution in [-0.2, 0) is 9.59 Å². The SMILES string of the molecule is O=CN/C(=C/c1ccncc1)C(=O)N1CCCC1. The number of nitrogens with one attached hydrogen (secondary N) is 1. The fourth-order valence-corrected chi connectivity index (χ4v) is 1.95. The molecule has 1 aliphatic heterocycles. The van der Waals surface area contributed by atoms with Gasteiger partial charge < -0.3 is 10.2 Å². The van der Waals surface area contributed by atoms with Gasteiger partial charge in [-0.1, -0.05) is 0 Å². The van der Waals surface area contributed by atoms with Crippen molar-refractivity contribution in [3.05, 3.63) is 35.8 Å². The van der Waals surface area contributed by atoms with E-state index in [0.29, 0.717) is 12.1 Å². The molecule has 2 heterocycles. The summed E-state index contributed by atoms with van der Waals surface area (Å²) < 4.78 is 0. The molecular formula is C13H15N3O2. The van der Waals surface area contributed by atoms with Crippen LogP contribution in [-0.4, -0.2) is 35.3 Å². The third-order valence-electron chi connectivity index (χ3n) is 2.86. The second-order valence-corrected chi connectivity index (χ2v) is 4.10. The van der Waals surface area contributed by atoms with Gasteiger partial charge in [0.1, 0.15) is 5.70 Å². The third-order valence-corrected chi connectivity index (χ3v) is 2.86. The third kappa shape index (κ3) is 2.94. The smallest absolute Gasteiger partial charge is 0.270 e. The van der Waals surface area contributed by atoms with Crippen LogP contribution in [0.4, 0.5) is 0 Å². The predicted octanol–water partition coefficient (Wildman–Crippen LogP) is 0.791. The Hall–Kier alpha value is -2.17. The number of hydrogen-bond donors (Lipinski definition) is 1.